The van der Waals surface area contributed by atoms with Crippen LogP contribution in [0.1, 0.15) is 20.8 Å². The third-order valence-corrected chi connectivity index (χ3v) is 1.57. The van der Waals surface area contributed by atoms with Crippen LogP contribution in [0.4, 0.5) is 0 Å². The van der Waals surface area contributed by atoms with Crippen molar-refractivity contribution in [3.05, 3.63) is 35.5 Å². The summed E-state index contributed by atoms with van der Waals surface area (Å²) in [4.78, 5) is 0. The Labute approximate surface area is 80.1 Å². The average molecular weight is 176 g/mol. The van der Waals surface area contributed by atoms with E-state index in [4.69, 9.17) is 0 Å². The minimum Gasteiger partial charge on any atom is -0.167 e. The van der Waals surface area contributed by atoms with Crippen molar-refractivity contribution in [2.75, 3.05) is 0 Å². The van der Waals surface area contributed by atoms with E-state index in [1.807, 2.05) is 32.9 Å². The summed E-state index contributed by atoms with van der Waals surface area (Å²) in [5.41, 5.74) is 3.16. The van der Waals surface area contributed by atoms with Crippen LogP contribution in [-0.2, 0) is 0 Å². The molecule has 70 valence electrons. The van der Waals surface area contributed by atoms with E-state index in [2.05, 4.69) is 23.5 Å². The van der Waals surface area contributed by atoms with E-state index in [1.165, 1.54) is 0 Å². The van der Waals surface area contributed by atoms with Gasteiger partial charge in [0.05, 0.1) is 6.21 Å². The maximum absolute atomic E-state index is 3.81. The molecule has 0 amide bonds. The molecule has 0 radical (unpaired) electrons. The maximum Gasteiger partial charge on any atom is 0.0570 e. The first-order chi connectivity index (χ1) is 6.11. The van der Waals surface area contributed by atoms with Crippen LogP contribution in [-0.4, -0.2) is 12.9 Å². The van der Waals surface area contributed by atoms with Gasteiger partial charge < -0.3 is 0 Å². The zero-order chi connectivity index (χ0) is 10.3. The van der Waals surface area contributed by atoms with Gasteiger partial charge in [-0.15, -0.1) is 0 Å². The van der Waals surface area contributed by atoms with Gasteiger partial charge in [0.1, 0.15) is 0 Å². The zero-order valence-corrected chi connectivity index (χ0v) is 8.54. The van der Waals surface area contributed by atoms with Crippen molar-refractivity contribution in [3.63, 3.8) is 0 Å². The van der Waals surface area contributed by atoms with E-state index < -0.39 is 0 Å². The fourth-order valence-corrected chi connectivity index (χ4v) is 0.788. The van der Waals surface area contributed by atoms with Crippen molar-refractivity contribution in [2.24, 2.45) is 10.2 Å². The number of rotatable bonds is 4. The van der Waals surface area contributed by atoms with Crippen LogP contribution in [0.5, 0.6) is 0 Å². The Balaban J connectivity index is 4.86. The monoisotopic (exact) mass is 176 g/mol. The smallest absolute Gasteiger partial charge is 0.0570 e. The molecule has 13 heavy (non-hydrogen) atoms. The molecule has 0 bridgehead atoms. The van der Waals surface area contributed by atoms with Gasteiger partial charge in [-0.2, -0.15) is 10.2 Å². The van der Waals surface area contributed by atoms with Gasteiger partial charge in [0, 0.05) is 6.72 Å². The standard InChI is InChI=1S/C11H16N2/c1-6-10(4)11(7-9(2)3)8-13-12-5/h6-8H,2,5H2,1,3-4H3/b10-6-,11-7-,13-8-. The van der Waals surface area contributed by atoms with E-state index in [0.29, 0.717) is 0 Å². The van der Waals surface area contributed by atoms with Gasteiger partial charge in [-0.05, 0) is 31.9 Å². The molecular weight excluding hydrogens is 160 g/mol. The van der Waals surface area contributed by atoms with Crippen molar-refractivity contribution in [3.8, 4) is 0 Å². The summed E-state index contributed by atoms with van der Waals surface area (Å²) in [5, 5.41) is 7.15. The first kappa shape index (κ1) is 11.6. The Morgan fingerprint density at radius 1 is 1.31 bits per heavy atom. The Morgan fingerprint density at radius 2 is 1.92 bits per heavy atom. The lowest BCUT2D eigenvalue weighted by atomic mass is 10.1. The quantitative estimate of drug-likeness (QED) is 0.357. The van der Waals surface area contributed by atoms with Crippen LogP contribution in [0.3, 0.4) is 0 Å². The molecule has 0 rings (SSSR count). The average Bonchev–Trinajstić information content (AvgIpc) is 2.10. The molecule has 0 spiro atoms. The SMILES string of the molecule is C=N\N=C/C(=C/C(=C)C)C(/C)=C\C. The Bertz CT molecular complexity index is 280. The van der Waals surface area contributed by atoms with E-state index in [0.717, 1.165) is 16.7 Å². The summed E-state index contributed by atoms with van der Waals surface area (Å²) < 4.78 is 0. The number of hydrogen-bond donors (Lipinski definition) is 0. The lowest BCUT2D eigenvalue weighted by molar-refractivity contribution is 1.27. The fraction of sp³-hybridized carbons (Fsp3) is 0.273. The van der Waals surface area contributed by atoms with Crippen LogP contribution in [0.15, 0.2) is 45.7 Å². The first-order valence-corrected chi connectivity index (χ1v) is 4.11. The molecule has 0 aromatic rings. The molecule has 0 aromatic heterocycles. The number of allylic oxidation sites excluding steroid dienone is 5. The Kier molecular flexibility index (Phi) is 5.44. The van der Waals surface area contributed by atoms with E-state index in [9.17, 15) is 0 Å². The second kappa shape index (κ2) is 6.12. The highest BCUT2D eigenvalue weighted by Gasteiger charge is 1.94. The fourth-order valence-electron chi connectivity index (χ4n) is 0.788. The van der Waals surface area contributed by atoms with Crippen molar-refractivity contribution in [1.82, 2.24) is 0 Å². The summed E-state index contributed by atoms with van der Waals surface area (Å²) in [7, 11) is 0. The van der Waals surface area contributed by atoms with Gasteiger partial charge in [-0.1, -0.05) is 24.3 Å². The highest BCUT2D eigenvalue weighted by Crippen LogP contribution is 2.09. The highest BCUT2D eigenvalue weighted by atomic mass is 15.2. The molecule has 0 aromatic carbocycles. The molecule has 0 saturated heterocycles. The van der Waals surface area contributed by atoms with Gasteiger partial charge in [0.15, 0.2) is 0 Å². The number of hydrogen-bond acceptors (Lipinski definition) is 2. The predicted molar refractivity (Wildman–Crippen MR) is 60.4 cm³/mol. The van der Waals surface area contributed by atoms with Crippen LogP contribution in [0.2, 0.25) is 0 Å². The molecule has 2 heteroatoms. The van der Waals surface area contributed by atoms with Gasteiger partial charge in [-0.25, -0.2) is 0 Å². The summed E-state index contributed by atoms with van der Waals surface area (Å²) in [6.07, 6.45) is 5.66. The minimum atomic E-state index is 0.992. The molecule has 0 aliphatic carbocycles. The van der Waals surface area contributed by atoms with Gasteiger partial charge in [0.25, 0.3) is 0 Å². The van der Waals surface area contributed by atoms with Crippen LogP contribution < -0.4 is 0 Å². The lowest BCUT2D eigenvalue weighted by Gasteiger charge is -2.00. The maximum atomic E-state index is 3.81. The minimum absolute atomic E-state index is 0.992. The summed E-state index contributed by atoms with van der Waals surface area (Å²) in [5.74, 6) is 0. The second-order valence-corrected chi connectivity index (χ2v) is 2.80. The molecule has 0 fully saturated rings. The Hall–Kier alpha value is -1.44. The molecular formula is C11H16N2. The number of nitrogens with zero attached hydrogens (tertiary/aromatic N) is 2. The van der Waals surface area contributed by atoms with Gasteiger partial charge in [0.2, 0.25) is 0 Å². The van der Waals surface area contributed by atoms with Crippen molar-refractivity contribution >= 4 is 12.9 Å². The highest BCUT2D eigenvalue weighted by molar-refractivity contribution is 5.85. The van der Waals surface area contributed by atoms with Crippen molar-refractivity contribution in [1.29, 1.82) is 0 Å². The summed E-state index contributed by atoms with van der Waals surface area (Å²) in [6.45, 7) is 13.0. The van der Waals surface area contributed by atoms with Crippen molar-refractivity contribution < 1.29 is 0 Å². The van der Waals surface area contributed by atoms with E-state index in [-0.39, 0.29) is 0 Å². The van der Waals surface area contributed by atoms with Gasteiger partial charge in [-0.3, -0.25) is 0 Å². The molecule has 0 N–H and O–H groups in total. The first-order valence-electron chi connectivity index (χ1n) is 4.11. The molecule has 0 atom stereocenters. The van der Waals surface area contributed by atoms with Gasteiger partial charge >= 0.3 is 0 Å². The van der Waals surface area contributed by atoms with Crippen molar-refractivity contribution in [2.45, 2.75) is 20.8 Å². The molecule has 0 aliphatic rings. The molecule has 0 saturated carbocycles. The predicted octanol–water partition coefficient (Wildman–Crippen LogP) is 3.14. The van der Waals surface area contributed by atoms with Crippen LogP contribution in [0.25, 0.3) is 0 Å². The molecule has 2 nitrogen and oxygen atoms in total. The van der Waals surface area contributed by atoms with E-state index >= 15 is 0 Å². The normalized spacial score (nSPS) is 13.5. The summed E-state index contributed by atoms with van der Waals surface area (Å²) >= 11 is 0. The third-order valence-electron chi connectivity index (χ3n) is 1.57. The topological polar surface area (TPSA) is 24.7 Å². The van der Waals surface area contributed by atoms with E-state index in [1.54, 1.807) is 6.21 Å². The third kappa shape index (κ3) is 4.90. The lowest BCUT2D eigenvalue weighted by Crippen LogP contribution is -1.87. The summed E-state index contributed by atoms with van der Waals surface area (Å²) in [6, 6.07) is 0. The van der Waals surface area contributed by atoms with Crippen LogP contribution >= 0.6 is 0 Å². The van der Waals surface area contributed by atoms with Crippen LogP contribution in [0, 0.1) is 0 Å². The Morgan fingerprint density at radius 3 is 2.31 bits per heavy atom. The largest absolute Gasteiger partial charge is 0.167 e. The molecule has 0 unspecified atom stereocenters. The second-order valence-electron chi connectivity index (χ2n) is 2.80. The molecule has 0 aliphatic heterocycles. The molecule has 0 heterocycles. The zero-order valence-electron chi connectivity index (χ0n) is 8.54.